The van der Waals surface area contributed by atoms with E-state index in [2.05, 4.69) is 0 Å². The molecule has 0 bridgehead atoms. The summed E-state index contributed by atoms with van der Waals surface area (Å²) in [5.41, 5.74) is 9.60. The third-order valence-electron chi connectivity index (χ3n) is 3.30. The first kappa shape index (κ1) is 15.9. The third-order valence-corrected chi connectivity index (χ3v) is 4.85. The molecule has 0 aliphatic heterocycles. The Hall–Kier alpha value is -1.52. The fourth-order valence-electron chi connectivity index (χ4n) is 2.28. The van der Waals surface area contributed by atoms with E-state index < -0.39 is 5.97 Å². The molecule has 2 N–H and O–H groups in total. The molecule has 0 saturated carbocycles. The van der Waals surface area contributed by atoms with Crippen LogP contribution in [0.4, 0.5) is 5.69 Å². The molecule has 0 saturated heterocycles. The average molecular weight is 324 g/mol. The van der Waals surface area contributed by atoms with Crippen LogP contribution in [0.2, 0.25) is 5.02 Å². The summed E-state index contributed by atoms with van der Waals surface area (Å²) in [6.45, 7) is 6.08. The lowest BCUT2D eigenvalue weighted by atomic mass is 9.98. The van der Waals surface area contributed by atoms with Crippen LogP contribution in [0.3, 0.4) is 0 Å². The molecule has 1 heterocycles. The summed E-state index contributed by atoms with van der Waals surface area (Å²) >= 11 is 7.70. The fourth-order valence-corrected chi connectivity index (χ4v) is 4.00. The molecule has 5 heteroatoms. The van der Waals surface area contributed by atoms with Gasteiger partial charge in [0.15, 0.2) is 0 Å². The number of hydrogen-bond donors (Lipinski definition) is 1. The van der Waals surface area contributed by atoms with Crippen molar-refractivity contribution < 1.29 is 9.53 Å². The van der Waals surface area contributed by atoms with Gasteiger partial charge < -0.3 is 10.5 Å². The van der Waals surface area contributed by atoms with Crippen LogP contribution >= 0.6 is 22.9 Å². The van der Waals surface area contributed by atoms with Crippen LogP contribution in [-0.4, -0.2) is 13.1 Å². The molecule has 1 aromatic carbocycles. The summed E-state index contributed by atoms with van der Waals surface area (Å²) in [6.07, 6.45) is 0. The number of ether oxygens (including phenoxy) is 1. The summed E-state index contributed by atoms with van der Waals surface area (Å²) in [5.74, 6) is -0.221. The summed E-state index contributed by atoms with van der Waals surface area (Å²) in [7, 11) is 1.36. The molecule has 0 aliphatic rings. The van der Waals surface area contributed by atoms with E-state index in [1.54, 1.807) is 0 Å². The zero-order valence-corrected chi connectivity index (χ0v) is 14.1. The first-order valence-corrected chi connectivity index (χ1v) is 7.83. The van der Waals surface area contributed by atoms with Crippen LogP contribution in [0.15, 0.2) is 18.2 Å². The van der Waals surface area contributed by atoms with E-state index in [0.717, 1.165) is 21.6 Å². The first-order chi connectivity index (χ1) is 9.86. The molecule has 0 radical (unpaired) electrons. The highest BCUT2D eigenvalue weighted by atomic mass is 35.5. The van der Waals surface area contributed by atoms with E-state index in [0.29, 0.717) is 15.6 Å². The Bertz CT molecular complexity index is 692. The Morgan fingerprint density at radius 3 is 2.57 bits per heavy atom. The van der Waals surface area contributed by atoms with E-state index >= 15 is 0 Å². The number of anilines is 1. The van der Waals surface area contributed by atoms with Gasteiger partial charge in [0.05, 0.1) is 12.8 Å². The van der Waals surface area contributed by atoms with Gasteiger partial charge >= 0.3 is 5.97 Å². The molecule has 0 amide bonds. The van der Waals surface area contributed by atoms with E-state index in [9.17, 15) is 4.79 Å². The Kier molecular flexibility index (Phi) is 4.59. The number of halogens is 1. The predicted molar refractivity (Wildman–Crippen MR) is 89.3 cm³/mol. The number of hydrogen-bond acceptors (Lipinski definition) is 4. The lowest BCUT2D eigenvalue weighted by Crippen LogP contribution is -2.03. The summed E-state index contributed by atoms with van der Waals surface area (Å²) in [5, 5.41) is 0.662. The minimum atomic E-state index is -0.408. The van der Waals surface area contributed by atoms with Gasteiger partial charge in [-0.15, -0.1) is 11.3 Å². The van der Waals surface area contributed by atoms with E-state index in [1.807, 2.05) is 39.0 Å². The Morgan fingerprint density at radius 2 is 2.05 bits per heavy atom. The SMILES string of the molecule is COC(=O)c1sc(-c2ccc(C)cc2Cl)c(C(C)C)c1N. The minimum Gasteiger partial charge on any atom is -0.465 e. The highest BCUT2D eigenvalue weighted by Crippen LogP contribution is 2.45. The normalized spacial score (nSPS) is 11.0. The number of esters is 1. The number of carbonyl (C=O) groups is 1. The van der Waals surface area contributed by atoms with Gasteiger partial charge in [0.2, 0.25) is 0 Å². The van der Waals surface area contributed by atoms with Gasteiger partial charge in [-0.3, -0.25) is 0 Å². The Morgan fingerprint density at radius 1 is 1.38 bits per heavy atom. The second-order valence-electron chi connectivity index (χ2n) is 5.22. The van der Waals surface area contributed by atoms with Crippen molar-refractivity contribution in [3.63, 3.8) is 0 Å². The number of benzene rings is 1. The van der Waals surface area contributed by atoms with E-state index in [4.69, 9.17) is 22.1 Å². The summed E-state index contributed by atoms with van der Waals surface area (Å²) in [4.78, 5) is 13.2. The van der Waals surface area contributed by atoms with Crippen LogP contribution in [0.5, 0.6) is 0 Å². The van der Waals surface area contributed by atoms with Gasteiger partial charge in [-0.2, -0.15) is 0 Å². The Labute approximate surface area is 133 Å². The van der Waals surface area contributed by atoms with Crippen LogP contribution < -0.4 is 5.73 Å². The van der Waals surface area contributed by atoms with Crippen molar-refractivity contribution in [2.45, 2.75) is 26.7 Å². The highest BCUT2D eigenvalue weighted by Gasteiger charge is 2.25. The van der Waals surface area contributed by atoms with Crippen LogP contribution in [0.1, 0.15) is 40.6 Å². The number of nitrogens with two attached hydrogens (primary N) is 1. The summed E-state index contributed by atoms with van der Waals surface area (Å²) < 4.78 is 4.81. The van der Waals surface area contributed by atoms with Crippen LogP contribution in [-0.2, 0) is 4.74 Å². The fraction of sp³-hybridized carbons (Fsp3) is 0.312. The second kappa shape index (κ2) is 6.08. The van der Waals surface area contributed by atoms with E-state index in [-0.39, 0.29) is 5.92 Å². The van der Waals surface area contributed by atoms with Gasteiger partial charge in [-0.05, 0) is 30.0 Å². The lowest BCUT2D eigenvalue weighted by molar-refractivity contribution is 0.0607. The standard InChI is InChI=1S/C16H18ClNO2S/c1-8(2)12-13(18)15(16(19)20-4)21-14(12)10-6-5-9(3)7-11(10)17/h5-8H,18H2,1-4H3. The molecular weight excluding hydrogens is 306 g/mol. The molecule has 3 nitrogen and oxygen atoms in total. The van der Waals surface area contributed by atoms with Crippen LogP contribution in [0.25, 0.3) is 10.4 Å². The number of rotatable bonds is 3. The van der Waals surface area contributed by atoms with Gasteiger partial charge in [0, 0.05) is 15.5 Å². The number of nitrogen functional groups attached to an aromatic ring is 1. The van der Waals surface area contributed by atoms with Crippen molar-refractivity contribution in [3.05, 3.63) is 39.2 Å². The molecule has 112 valence electrons. The topological polar surface area (TPSA) is 52.3 Å². The largest absolute Gasteiger partial charge is 0.465 e. The maximum absolute atomic E-state index is 11.9. The van der Waals surface area contributed by atoms with Crippen molar-refractivity contribution in [1.82, 2.24) is 0 Å². The molecule has 2 rings (SSSR count). The van der Waals surface area contributed by atoms with Gasteiger partial charge in [-0.1, -0.05) is 37.6 Å². The molecular formula is C16H18ClNO2S. The predicted octanol–water partition coefficient (Wildman–Crippen LogP) is 4.87. The maximum atomic E-state index is 11.9. The Balaban J connectivity index is 2.70. The van der Waals surface area contributed by atoms with Crippen LogP contribution in [0, 0.1) is 6.92 Å². The lowest BCUT2D eigenvalue weighted by Gasteiger charge is -2.10. The molecule has 0 unspecified atom stereocenters. The van der Waals surface area contributed by atoms with Gasteiger partial charge in [-0.25, -0.2) is 4.79 Å². The molecule has 1 aromatic heterocycles. The van der Waals surface area contributed by atoms with E-state index in [1.165, 1.54) is 18.4 Å². The van der Waals surface area contributed by atoms with Crippen molar-refractivity contribution in [2.75, 3.05) is 12.8 Å². The monoisotopic (exact) mass is 323 g/mol. The number of aryl methyl sites for hydroxylation is 1. The molecule has 21 heavy (non-hydrogen) atoms. The molecule has 2 aromatic rings. The zero-order valence-electron chi connectivity index (χ0n) is 12.5. The van der Waals surface area contributed by atoms with Gasteiger partial charge in [0.25, 0.3) is 0 Å². The maximum Gasteiger partial charge on any atom is 0.350 e. The van der Waals surface area contributed by atoms with Crippen molar-refractivity contribution >= 4 is 34.6 Å². The number of carbonyl (C=O) groups excluding carboxylic acids is 1. The highest BCUT2D eigenvalue weighted by molar-refractivity contribution is 7.18. The first-order valence-electron chi connectivity index (χ1n) is 6.63. The second-order valence-corrected chi connectivity index (χ2v) is 6.65. The van der Waals surface area contributed by atoms with Crippen molar-refractivity contribution in [1.29, 1.82) is 0 Å². The quantitative estimate of drug-likeness (QED) is 0.820. The smallest absolute Gasteiger partial charge is 0.350 e. The summed E-state index contributed by atoms with van der Waals surface area (Å²) in [6, 6.07) is 5.88. The van der Waals surface area contributed by atoms with Crippen molar-refractivity contribution in [2.24, 2.45) is 0 Å². The zero-order chi connectivity index (χ0) is 15.7. The molecule has 0 spiro atoms. The van der Waals surface area contributed by atoms with Gasteiger partial charge in [0.1, 0.15) is 4.88 Å². The molecule has 0 atom stereocenters. The average Bonchev–Trinajstić information content (AvgIpc) is 2.75. The third kappa shape index (κ3) is 2.92. The number of thiophene rings is 1. The van der Waals surface area contributed by atoms with Crippen molar-refractivity contribution in [3.8, 4) is 10.4 Å². The molecule has 0 fully saturated rings. The minimum absolute atomic E-state index is 0.187. The molecule has 0 aliphatic carbocycles. The number of methoxy groups -OCH3 is 1.